The second kappa shape index (κ2) is 5.30. The van der Waals surface area contributed by atoms with E-state index in [0.29, 0.717) is 5.56 Å². The minimum atomic E-state index is -1.09. The SMILES string of the molecule is Cc1cc(Br)cc(C(=O)N2CC(O)C[C@H]2C(=O)O)c1. The molecule has 2 atom stereocenters. The van der Waals surface area contributed by atoms with Crippen LogP contribution in [0.15, 0.2) is 22.7 Å². The van der Waals surface area contributed by atoms with E-state index in [1.165, 1.54) is 4.90 Å². The number of carboxylic acids is 1. The van der Waals surface area contributed by atoms with Gasteiger partial charge in [-0.1, -0.05) is 15.9 Å². The van der Waals surface area contributed by atoms with Crippen molar-refractivity contribution in [2.45, 2.75) is 25.5 Å². The van der Waals surface area contributed by atoms with Crippen LogP contribution in [0.1, 0.15) is 22.3 Å². The number of likely N-dealkylation sites (tertiary alicyclic amines) is 1. The van der Waals surface area contributed by atoms with Gasteiger partial charge in [0, 0.05) is 23.0 Å². The van der Waals surface area contributed by atoms with Gasteiger partial charge in [-0.05, 0) is 30.7 Å². The van der Waals surface area contributed by atoms with Crippen molar-refractivity contribution in [1.82, 2.24) is 4.90 Å². The lowest BCUT2D eigenvalue weighted by molar-refractivity contribution is -0.141. The van der Waals surface area contributed by atoms with Gasteiger partial charge in [-0.25, -0.2) is 4.79 Å². The van der Waals surface area contributed by atoms with Crippen LogP contribution in [0.2, 0.25) is 0 Å². The van der Waals surface area contributed by atoms with Crippen LogP contribution in [0.3, 0.4) is 0 Å². The first-order valence-electron chi connectivity index (χ1n) is 5.87. The molecule has 102 valence electrons. The first kappa shape index (κ1) is 14.0. The third-order valence-corrected chi connectivity index (χ3v) is 3.57. The van der Waals surface area contributed by atoms with Crippen LogP contribution in [0.25, 0.3) is 0 Å². The summed E-state index contributed by atoms with van der Waals surface area (Å²) in [6.45, 7) is 1.91. The van der Waals surface area contributed by atoms with E-state index in [2.05, 4.69) is 15.9 Å². The number of nitrogens with zero attached hydrogens (tertiary/aromatic N) is 1. The number of carboxylic acid groups (broad SMARTS) is 1. The van der Waals surface area contributed by atoms with E-state index in [1.54, 1.807) is 12.1 Å². The molecular weight excluding hydrogens is 314 g/mol. The molecule has 0 bridgehead atoms. The Morgan fingerprint density at radius 3 is 2.63 bits per heavy atom. The maximum Gasteiger partial charge on any atom is 0.326 e. The number of hydrogen-bond donors (Lipinski definition) is 2. The molecule has 1 aliphatic rings. The number of rotatable bonds is 2. The van der Waals surface area contributed by atoms with Crippen LogP contribution in [-0.4, -0.2) is 45.7 Å². The molecule has 1 aromatic carbocycles. The van der Waals surface area contributed by atoms with E-state index < -0.39 is 18.1 Å². The van der Waals surface area contributed by atoms with E-state index in [1.807, 2.05) is 13.0 Å². The molecule has 1 aliphatic heterocycles. The zero-order valence-electron chi connectivity index (χ0n) is 10.3. The first-order valence-corrected chi connectivity index (χ1v) is 6.67. The average Bonchev–Trinajstić information content (AvgIpc) is 2.69. The van der Waals surface area contributed by atoms with Crippen LogP contribution >= 0.6 is 15.9 Å². The molecule has 1 heterocycles. The van der Waals surface area contributed by atoms with E-state index in [4.69, 9.17) is 5.11 Å². The monoisotopic (exact) mass is 327 g/mol. The third kappa shape index (κ3) is 2.96. The Balaban J connectivity index is 2.30. The van der Waals surface area contributed by atoms with Gasteiger partial charge in [0.2, 0.25) is 0 Å². The number of carbonyl (C=O) groups is 2. The fraction of sp³-hybridized carbons (Fsp3) is 0.385. The van der Waals surface area contributed by atoms with Crippen LogP contribution in [0.5, 0.6) is 0 Å². The molecule has 1 fully saturated rings. The molecule has 0 radical (unpaired) electrons. The third-order valence-electron chi connectivity index (χ3n) is 3.11. The Hall–Kier alpha value is -1.40. The van der Waals surface area contributed by atoms with Crippen molar-refractivity contribution in [2.24, 2.45) is 0 Å². The number of aliphatic carboxylic acids is 1. The van der Waals surface area contributed by atoms with Crippen molar-refractivity contribution in [3.05, 3.63) is 33.8 Å². The predicted molar refractivity (Wildman–Crippen MR) is 72.0 cm³/mol. The molecule has 6 heteroatoms. The Labute approximate surface area is 119 Å². The molecule has 2 rings (SSSR count). The van der Waals surface area contributed by atoms with Gasteiger partial charge >= 0.3 is 5.97 Å². The van der Waals surface area contributed by atoms with Crippen LogP contribution < -0.4 is 0 Å². The molecule has 1 amide bonds. The Morgan fingerprint density at radius 1 is 1.37 bits per heavy atom. The number of aliphatic hydroxyl groups is 1. The van der Waals surface area contributed by atoms with E-state index >= 15 is 0 Å². The summed E-state index contributed by atoms with van der Waals surface area (Å²) in [4.78, 5) is 24.7. The Bertz CT molecular complexity index is 511. The molecular formula is C13H14BrNO4. The summed E-state index contributed by atoms with van der Waals surface area (Å²) in [7, 11) is 0. The van der Waals surface area contributed by atoms with E-state index in [0.717, 1.165) is 10.0 Å². The van der Waals surface area contributed by atoms with Crippen molar-refractivity contribution in [3.8, 4) is 0 Å². The fourth-order valence-corrected chi connectivity index (χ4v) is 2.91. The summed E-state index contributed by atoms with van der Waals surface area (Å²) in [6, 6.07) is 4.27. The zero-order chi connectivity index (χ0) is 14.2. The largest absolute Gasteiger partial charge is 0.480 e. The van der Waals surface area contributed by atoms with Crippen LogP contribution in [0, 0.1) is 6.92 Å². The number of benzene rings is 1. The van der Waals surface area contributed by atoms with Gasteiger partial charge in [0.15, 0.2) is 0 Å². The minimum absolute atomic E-state index is 0.0569. The summed E-state index contributed by atoms with van der Waals surface area (Å²) in [5.74, 6) is -1.45. The normalized spacial score (nSPS) is 22.6. The molecule has 19 heavy (non-hydrogen) atoms. The molecule has 2 N–H and O–H groups in total. The molecule has 5 nitrogen and oxygen atoms in total. The van der Waals surface area contributed by atoms with Crippen LogP contribution in [-0.2, 0) is 4.79 Å². The molecule has 1 saturated heterocycles. The molecule has 0 aromatic heterocycles. The second-order valence-corrected chi connectivity index (χ2v) is 5.63. The quantitative estimate of drug-likeness (QED) is 0.861. The summed E-state index contributed by atoms with van der Waals surface area (Å²) < 4.78 is 0.766. The number of β-amino-alcohol motifs (C(OH)–C–C–N with tert-alkyl or cyclic N) is 1. The summed E-state index contributed by atoms with van der Waals surface area (Å²) in [5.41, 5.74) is 1.33. The van der Waals surface area contributed by atoms with Gasteiger partial charge in [-0.3, -0.25) is 4.79 Å². The van der Waals surface area contributed by atoms with Gasteiger partial charge in [0.25, 0.3) is 5.91 Å². The highest BCUT2D eigenvalue weighted by Gasteiger charge is 2.39. The second-order valence-electron chi connectivity index (χ2n) is 4.72. The van der Waals surface area contributed by atoms with Gasteiger partial charge in [0.1, 0.15) is 6.04 Å². The molecule has 1 aromatic rings. The molecule has 0 spiro atoms. The number of hydrogen-bond acceptors (Lipinski definition) is 3. The summed E-state index contributed by atoms with van der Waals surface area (Å²) in [5, 5.41) is 18.6. The maximum atomic E-state index is 12.3. The minimum Gasteiger partial charge on any atom is -0.480 e. The first-order chi connectivity index (χ1) is 8.88. The molecule has 0 saturated carbocycles. The highest BCUT2D eigenvalue weighted by Crippen LogP contribution is 2.23. The standard InChI is InChI=1S/C13H14BrNO4/c1-7-2-8(4-9(14)3-7)12(17)15-6-10(16)5-11(15)13(18)19/h2-4,10-11,16H,5-6H2,1H3,(H,18,19)/t10?,11-/m0/s1. The Kier molecular flexibility index (Phi) is 3.91. The predicted octanol–water partition coefficient (Wildman–Crippen LogP) is 1.42. The number of aliphatic hydroxyl groups excluding tert-OH is 1. The lowest BCUT2D eigenvalue weighted by atomic mass is 10.1. The topological polar surface area (TPSA) is 77.8 Å². The number of halogens is 1. The number of carbonyl (C=O) groups excluding carboxylic acids is 1. The van der Waals surface area contributed by atoms with Crippen molar-refractivity contribution >= 4 is 27.8 Å². The smallest absolute Gasteiger partial charge is 0.326 e. The van der Waals surface area contributed by atoms with Crippen LogP contribution in [0.4, 0.5) is 0 Å². The van der Waals surface area contributed by atoms with E-state index in [-0.39, 0.29) is 18.9 Å². The van der Waals surface area contributed by atoms with Gasteiger partial charge < -0.3 is 15.1 Å². The number of aryl methyl sites for hydroxylation is 1. The number of amides is 1. The lowest BCUT2D eigenvalue weighted by Gasteiger charge is -2.21. The lowest BCUT2D eigenvalue weighted by Crippen LogP contribution is -2.40. The van der Waals surface area contributed by atoms with Crippen molar-refractivity contribution < 1.29 is 19.8 Å². The fourth-order valence-electron chi connectivity index (χ4n) is 2.30. The summed E-state index contributed by atoms with van der Waals surface area (Å²) in [6.07, 6.45) is -0.702. The van der Waals surface area contributed by atoms with E-state index in [9.17, 15) is 14.7 Å². The highest BCUT2D eigenvalue weighted by atomic mass is 79.9. The van der Waals surface area contributed by atoms with Crippen molar-refractivity contribution in [3.63, 3.8) is 0 Å². The van der Waals surface area contributed by atoms with Gasteiger partial charge in [0.05, 0.1) is 6.10 Å². The van der Waals surface area contributed by atoms with Gasteiger partial charge in [-0.2, -0.15) is 0 Å². The molecule has 1 unspecified atom stereocenters. The van der Waals surface area contributed by atoms with Crippen molar-refractivity contribution in [2.75, 3.05) is 6.54 Å². The van der Waals surface area contributed by atoms with Crippen molar-refractivity contribution in [1.29, 1.82) is 0 Å². The average molecular weight is 328 g/mol. The molecule has 0 aliphatic carbocycles. The zero-order valence-corrected chi connectivity index (χ0v) is 11.9. The van der Waals surface area contributed by atoms with Gasteiger partial charge in [-0.15, -0.1) is 0 Å². The Morgan fingerprint density at radius 2 is 2.05 bits per heavy atom. The highest BCUT2D eigenvalue weighted by molar-refractivity contribution is 9.10. The summed E-state index contributed by atoms with van der Waals surface area (Å²) >= 11 is 3.31. The maximum absolute atomic E-state index is 12.3.